The molecule has 1 aliphatic heterocycles. The van der Waals surface area contributed by atoms with Gasteiger partial charge in [-0.05, 0) is 11.6 Å². The van der Waals surface area contributed by atoms with E-state index in [0.29, 0.717) is 11.3 Å². The normalized spacial score (nSPS) is 17.2. The lowest BCUT2D eigenvalue weighted by Crippen LogP contribution is -2.04. The van der Waals surface area contributed by atoms with Crippen molar-refractivity contribution in [2.24, 2.45) is 0 Å². The van der Waals surface area contributed by atoms with Crippen LogP contribution in [0.15, 0.2) is 54.6 Å². The molecule has 1 unspecified atom stereocenters. The number of benzene rings is 1. The lowest BCUT2D eigenvalue weighted by molar-refractivity contribution is 0.0886. The van der Waals surface area contributed by atoms with Crippen LogP contribution in [0.1, 0.15) is 28.4 Å². The standard InChI is InChI=1S/C18H13NO2/c20-15-10-16(21)17-13-8-2-1-3-9-14(13)19-18(17)12-7-5-4-6-11(12)15/h1-9,15,20H,10H2. The number of aliphatic hydroxyl groups excluding tert-OH is 1. The summed E-state index contributed by atoms with van der Waals surface area (Å²) in [5.74, 6) is -0.0533. The Morgan fingerprint density at radius 1 is 0.952 bits per heavy atom. The highest BCUT2D eigenvalue weighted by Crippen LogP contribution is 2.41. The number of ketones is 1. The minimum absolute atomic E-state index is 0.0533. The number of aliphatic hydroxyl groups is 1. The first-order valence-electron chi connectivity index (χ1n) is 6.95. The average Bonchev–Trinajstić information content (AvgIpc) is 2.63. The zero-order chi connectivity index (χ0) is 14.4. The number of aromatic nitrogens is 1. The third-order valence-corrected chi connectivity index (χ3v) is 3.99. The van der Waals surface area contributed by atoms with Crippen LogP contribution >= 0.6 is 0 Å². The Labute approximate surface area is 122 Å². The Bertz CT molecular complexity index is 825. The first-order valence-corrected chi connectivity index (χ1v) is 6.95. The number of nitrogens with zero attached hydrogens (tertiary/aromatic N) is 1. The number of rotatable bonds is 0. The summed E-state index contributed by atoms with van der Waals surface area (Å²) in [6.07, 6.45) is -0.668. The molecule has 0 amide bonds. The van der Waals surface area contributed by atoms with Crippen LogP contribution in [0.4, 0.5) is 0 Å². The molecule has 1 heterocycles. The predicted molar refractivity (Wildman–Crippen MR) is 80.2 cm³/mol. The molecule has 0 fully saturated rings. The van der Waals surface area contributed by atoms with Gasteiger partial charge in [-0.15, -0.1) is 0 Å². The molecule has 0 saturated heterocycles. The zero-order valence-corrected chi connectivity index (χ0v) is 11.3. The van der Waals surface area contributed by atoms with Crippen LogP contribution in [0.25, 0.3) is 22.5 Å². The second-order valence-electron chi connectivity index (χ2n) is 5.28. The molecule has 1 aromatic carbocycles. The molecule has 3 aliphatic rings. The summed E-state index contributed by atoms with van der Waals surface area (Å²) in [7, 11) is 0. The van der Waals surface area contributed by atoms with E-state index in [4.69, 9.17) is 0 Å². The van der Waals surface area contributed by atoms with Gasteiger partial charge in [-0.1, -0.05) is 48.5 Å². The second-order valence-corrected chi connectivity index (χ2v) is 5.28. The highest BCUT2D eigenvalue weighted by Gasteiger charge is 2.31. The number of carbonyl (C=O) groups is 1. The van der Waals surface area contributed by atoms with Gasteiger partial charge in [0.2, 0.25) is 0 Å². The Balaban J connectivity index is 2.11. The highest BCUT2D eigenvalue weighted by molar-refractivity contribution is 6.09. The smallest absolute Gasteiger partial charge is 0.168 e. The summed E-state index contributed by atoms with van der Waals surface area (Å²) >= 11 is 0. The third kappa shape index (κ3) is 1.78. The summed E-state index contributed by atoms with van der Waals surface area (Å²) in [4.78, 5) is 17.2. The van der Waals surface area contributed by atoms with Crippen molar-refractivity contribution >= 4 is 5.78 Å². The van der Waals surface area contributed by atoms with Gasteiger partial charge >= 0.3 is 0 Å². The summed E-state index contributed by atoms with van der Waals surface area (Å²) in [5, 5.41) is 10.3. The molecule has 0 bridgehead atoms. The van der Waals surface area contributed by atoms with Crippen molar-refractivity contribution in [3.05, 3.63) is 65.7 Å². The van der Waals surface area contributed by atoms with Crippen molar-refractivity contribution < 1.29 is 9.90 Å². The fraction of sp³-hybridized carbons (Fsp3) is 0.111. The van der Waals surface area contributed by atoms with Crippen molar-refractivity contribution in [2.75, 3.05) is 0 Å². The summed E-state index contributed by atoms with van der Waals surface area (Å²) in [5.41, 5.74) is 4.61. The lowest BCUT2D eigenvalue weighted by atomic mass is 10.0. The van der Waals surface area contributed by atoms with Crippen molar-refractivity contribution in [1.29, 1.82) is 0 Å². The van der Waals surface area contributed by atoms with Crippen molar-refractivity contribution in [3.8, 4) is 22.5 Å². The first kappa shape index (κ1) is 12.2. The van der Waals surface area contributed by atoms with E-state index in [1.807, 2.05) is 54.6 Å². The number of carbonyl (C=O) groups excluding carboxylic acids is 1. The van der Waals surface area contributed by atoms with Crippen molar-refractivity contribution in [2.45, 2.75) is 12.5 Å². The molecule has 0 aromatic heterocycles. The van der Waals surface area contributed by atoms with Crippen molar-refractivity contribution in [3.63, 3.8) is 0 Å². The van der Waals surface area contributed by atoms with E-state index in [1.54, 1.807) is 0 Å². The fourth-order valence-corrected chi connectivity index (χ4v) is 3.02. The molecular weight excluding hydrogens is 262 g/mol. The molecule has 3 heteroatoms. The number of hydrogen-bond donors (Lipinski definition) is 1. The predicted octanol–water partition coefficient (Wildman–Crippen LogP) is 3.47. The number of Topliss-reactive ketones (excluding diaryl/α,β-unsaturated/α-hetero) is 1. The molecule has 0 radical (unpaired) electrons. The molecule has 1 atom stereocenters. The second kappa shape index (κ2) is 4.50. The maximum Gasteiger partial charge on any atom is 0.168 e. The van der Waals surface area contributed by atoms with Crippen LogP contribution in [0.5, 0.6) is 0 Å². The summed E-state index contributed by atoms with van der Waals surface area (Å²) in [6, 6.07) is 17.1. The minimum atomic E-state index is -0.768. The van der Waals surface area contributed by atoms with Crippen molar-refractivity contribution in [1.82, 2.24) is 4.98 Å². The highest BCUT2D eigenvalue weighted by atomic mass is 16.3. The molecule has 102 valence electrons. The molecule has 21 heavy (non-hydrogen) atoms. The van der Waals surface area contributed by atoms with Gasteiger partial charge in [-0.3, -0.25) is 4.79 Å². The van der Waals surface area contributed by atoms with Gasteiger partial charge < -0.3 is 5.11 Å². The van der Waals surface area contributed by atoms with E-state index >= 15 is 0 Å². The zero-order valence-electron chi connectivity index (χ0n) is 11.3. The van der Waals surface area contributed by atoms with E-state index in [9.17, 15) is 9.90 Å². The molecule has 4 rings (SSSR count). The first-order chi connectivity index (χ1) is 10.3. The Morgan fingerprint density at radius 2 is 1.67 bits per heavy atom. The van der Waals surface area contributed by atoms with Gasteiger partial charge in [0.25, 0.3) is 0 Å². The molecule has 0 spiro atoms. The van der Waals surface area contributed by atoms with Gasteiger partial charge in [0.05, 0.1) is 23.1 Å². The lowest BCUT2D eigenvalue weighted by Gasteiger charge is -2.10. The Kier molecular flexibility index (Phi) is 2.62. The van der Waals surface area contributed by atoms with Gasteiger partial charge in [-0.25, -0.2) is 4.98 Å². The topological polar surface area (TPSA) is 50.2 Å². The molecule has 0 saturated carbocycles. The van der Waals surface area contributed by atoms with Crippen LogP contribution in [-0.2, 0) is 0 Å². The fourth-order valence-electron chi connectivity index (χ4n) is 3.02. The molecule has 1 N–H and O–H groups in total. The third-order valence-electron chi connectivity index (χ3n) is 3.99. The van der Waals surface area contributed by atoms with E-state index in [0.717, 1.165) is 22.4 Å². The Morgan fingerprint density at radius 3 is 2.57 bits per heavy atom. The van der Waals surface area contributed by atoms with Crippen LogP contribution in [0.2, 0.25) is 0 Å². The maximum absolute atomic E-state index is 12.6. The van der Waals surface area contributed by atoms with Crippen LogP contribution in [-0.4, -0.2) is 15.9 Å². The quantitative estimate of drug-likeness (QED) is 0.683. The van der Waals surface area contributed by atoms with Gasteiger partial charge in [0, 0.05) is 17.5 Å². The maximum atomic E-state index is 12.6. The SMILES string of the molecule is O=C1CC(O)c2ccccc2-c2nc3cccccc-3c21. The number of fused-ring (bicyclic) bond motifs is 5. The van der Waals surface area contributed by atoms with Gasteiger partial charge in [-0.2, -0.15) is 0 Å². The number of hydrogen-bond acceptors (Lipinski definition) is 3. The van der Waals surface area contributed by atoms with Crippen LogP contribution in [0, 0.1) is 0 Å². The molecule has 3 nitrogen and oxygen atoms in total. The molecule has 1 aromatic rings. The van der Waals surface area contributed by atoms with E-state index in [2.05, 4.69) is 4.98 Å². The van der Waals surface area contributed by atoms with Crippen LogP contribution < -0.4 is 0 Å². The van der Waals surface area contributed by atoms with E-state index in [1.165, 1.54) is 0 Å². The van der Waals surface area contributed by atoms with E-state index in [-0.39, 0.29) is 12.2 Å². The summed E-state index contributed by atoms with van der Waals surface area (Å²) < 4.78 is 0. The van der Waals surface area contributed by atoms with Gasteiger partial charge in [0.1, 0.15) is 0 Å². The minimum Gasteiger partial charge on any atom is -0.388 e. The van der Waals surface area contributed by atoms with E-state index < -0.39 is 6.10 Å². The summed E-state index contributed by atoms with van der Waals surface area (Å²) in [6.45, 7) is 0. The monoisotopic (exact) mass is 275 g/mol. The largest absolute Gasteiger partial charge is 0.388 e. The molecular formula is C18H13NO2. The van der Waals surface area contributed by atoms with Crippen LogP contribution in [0.3, 0.4) is 0 Å². The average molecular weight is 275 g/mol. The van der Waals surface area contributed by atoms with Gasteiger partial charge in [0.15, 0.2) is 5.78 Å². The Hall–Kier alpha value is -2.52. The molecule has 2 aliphatic carbocycles.